The first-order valence-electron chi connectivity index (χ1n) is 10.6. The molecule has 1 unspecified atom stereocenters. The monoisotopic (exact) mass is 316 g/mol. The summed E-state index contributed by atoms with van der Waals surface area (Å²) in [6.07, 6.45) is 22.3. The Balaban J connectivity index is 1.60. The number of allylic oxidation sites excluding steroid dienone is 3. The Bertz CT molecular complexity index is 367. The van der Waals surface area contributed by atoms with Gasteiger partial charge in [0.05, 0.1) is 0 Å². The second-order valence-corrected chi connectivity index (χ2v) is 8.36. The maximum atomic E-state index is 4.16. The van der Waals surface area contributed by atoms with Crippen LogP contribution in [0.5, 0.6) is 0 Å². The van der Waals surface area contributed by atoms with E-state index >= 15 is 0 Å². The van der Waals surface area contributed by atoms with Gasteiger partial charge in [0, 0.05) is 0 Å². The minimum Gasteiger partial charge on any atom is -0.0999 e. The molecule has 1 fully saturated rings. The fourth-order valence-corrected chi connectivity index (χ4v) is 4.62. The van der Waals surface area contributed by atoms with Crippen LogP contribution in [0.3, 0.4) is 0 Å². The van der Waals surface area contributed by atoms with E-state index < -0.39 is 0 Å². The molecule has 0 aliphatic heterocycles. The average Bonchev–Trinajstić information content (AvgIpc) is 2.60. The third-order valence-corrected chi connectivity index (χ3v) is 6.56. The Morgan fingerprint density at radius 1 is 0.957 bits per heavy atom. The first kappa shape index (κ1) is 18.8. The minimum atomic E-state index is 0.937. The van der Waals surface area contributed by atoms with Gasteiger partial charge in [-0.15, -0.1) is 0 Å². The highest BCUT2D eigenvalue weighted by molar-refractivity contribution is 5.07. The van der Waals surface area contributed by atoms with Crippen LogP contribution < -0.4 is 0 Å². The summed E-state index contributed by atoms with van der Waals surface area (Å²) in [4.78, 5) is 0. The Morgan fingerprint density at radius 3 is 2.22 bits per heavy atom. The van der Waals surface area contributed by atoms with Crippen molar-refractivity contribution in [2.75, 3.05) is 0 Å². The van der Waals surface area contributed by atoms with Crippen LogP contribution in [0.25, 0.3) is 0 Å². The van der Waals surface area contributed by atoms with Gasteiger partial charge in [-0.25, -0.2) is 0 Å². The molecule has 0 heteroatoms. The number of rotatable bonds is 9. The van der Waals surface area contributed by atoms with Crippen LogP contribution in [0, 0.1) is 17.8 Å². The van der Waals surface area contributed by atoms with Gasteiger partial charge in [-0.1, -0.05) is 76.2 Å². The lowest BCUT2D eigenvalue weighted by Gasteiger charge is -2.29. The van der Waals surface area contributed by atoms with Crippen LogP contribution in [-0.4, -0.2) is 0 Å². The molecule has 0 N–H and O–H groups in total. The molecule has 0 amide bonds. The molecular formula is C23H40. The van der Waals surface area contributed by atoms with Crippen LogP contribution in [0.1, 0.15) is 104 Å². The summed E-state index contributed by atoms with van der Waals surface area (Å²) in [7, 11) is 0. The van der Waals surface area contributed by atoms with Crippen molar-refractivity contribution < 1.29 is 0 Å². The van der Waals surface area contributed by atoms with Crippen molar-refractivity contribution in [1.82, 2.24) is 0 Å². The quantitative estimate of drug-likeness (QED) is 0.380. The Labute approximate surface area is 145 Å². The molecule has 0 nitrogen and oxygen atoms in total. The fraction of sp³-hybridized carbons (Fsp3) is 0.826. The molecule has 0 aromatic heterocycles. The summed E-state index contributed by atoms with van der Waals surface area (Å²) in [5.74, 6) is 3.03. The second-order valence-electron chi connectivity index (χ2n) is 8.36. The zero-order chi connectivity index (χ0) is 16.5. The molecule has 132 valence electrons. The van der Waals surface area contributed by atoms with Gasteiger partial charge in [0.2, 0.25) is 0 Å². The van der Waals surface area contributed by atoms with Crippen molar-refractivity contribution in [3.05, 3.63) is 23.8 Å². The minimum absolute atomic E-state index is 0.937. The van der Waals surface area contributed by atoms with E-state index in [0.29, 0.717) is 0 Å². The molecule has 0 spiro atoms. The van der Waals surface area contributed by atoms with Crippen LogP contribution in [0.15, 0.2) is 23.8 Å². The normalized spacial score (nSPS) is 28.4. The predicted octanol–water partition coefficient (Wildman–Crippen LogP) is 7.85. The lowest BCUT2D eigenvalue weighted by Crippen LogP contribution is -2.15. The van der Waals surface area contributed by atoms with Gasteiger partial charge in [-0.05, 0) is 69.1 Å². The zero-order valence-electron chi connectivity index (χ0n) is 15.9. The van der Waals surface area contributed by atoms with E-state index in [1.54, 1.807) is 5.57 Å². The van der Waals surface area contributed by atoms with E-state index in [0.717, 1.165) is 24.2 Å². The maximum Gasteiger partial charge on any atom is -0.0318 e. The van der Waals surface area contributed by atoms with Gasteiger partial charge in [0.25, 0.3) is 0 Å². The molecule has 0 aromatic rings. The van der Waals surface area contributed by atoms with E-state index in [9.17, 15) is 0 Å². The van der Waals surface area contributed by atoms with E-state index in [2.05, 4.69) is 26.5 Å². The summed E-state index contributed by atoms with van der Waals surface area (Å²) in [6, 6.07) is 0. The third kappa shape index (κ3) is 6.86. The van der Waals surface area contributed by atoms with Gasteiger partial charge < -0.3 is 0 Å². The first-order chi connectivity index (χ1) is 11.2. The number of hydrogen-bond donors (Lipinski definition) is 0. The van der Waals surface area contributed by atoms with Crippen LogP contribution in [0.2, 0.25) is 0 Å². The summed E-state index contributed by atoms with van der Waals surface area (Å²) in [5.41, 5.74) is 3.23. The summed E-state index contributed by atoms with van der Waals surface area (Å²) >= 11 is 0. The molecule has 1 saturated carbocycles. The van der Waals surface area contributed by atoms with Gasteiger partial charge in [-0.3, -0.25) is 0 Å². The summed E-state index contributed by atoms with van der Waals surface area (Å²) < 4.78 is 0. The predicted molar refractivity (Wildman–Crippen MR) is 104 cm³/mol. The fourth-order valence-electron chi connectivity index (χ4n) is 4.62. The Hall–Kier alpha value is -0.520. The van der Waals surface area contributed by atoms with Gasteiger partial charge in [0.15, 0.2) is 0 Å². The molecule has 0 heterocycles. The largest absolute Gasteiger partial charge is 0.0999 e. The first-order valence-corrected chi connectivity index (χ1v) is 10.6. The van der Waals surface area contributed by atoms with Crippen molar-refractivity contribution >= 4 is 0 Å². The number of hydrogen-bond acceptors (Lipinski definition) is 0. The Morgan fingerprint density at radius 2 is 1.65 bits per heavy atom. The second kappa shape index (κ2) is 10.4. The van der Waals surface area contributed by atoms with E-state index in [-0.39, 0.29) is 0 Å². The molecular weight excluding hydrogens is 276 g/mol. The molecule has 2 aliphatic carbocycles. The highest BCUT2D eigenvalue weighted by Gasteiger charge is 2.21. The molecule has 1 atom stereocenters. The molecule has 0 bridgehead atoms. The summed E-state index contributed by atoms with van der Waals surface area (Å²) in [5, 5.41) is 0. The van der Waals surface area contributed by atoms with Crippen molar-refractivity contribution in [1.29, 1.82) is 0 Å². The highest BCUT2D eigenvalue weighted by atomic mass is 14.3. The van der Waals surface area contributed by atoms with Crippen molar-refractivity contribution in [3.63, 3.8) is 0 Å². The lowest BCUT2D eigenvalue weighted by molar-refractivity contribution is 0.251. The van der Waals surface area contributed by atoms with Crippen LogP contribution in [0.4, 0.5) is 0 Å². The zero-order valence-corrected chi connectivity index (χ0v) is 15.9. The molecule has 0 aromatic carbocycles. The van der Waals surface area contributed by atoms with Gasteiger partial charge in [-0.2, -0.15) is 0 Å². The topological polar surface area (TPSA) is 0 Å². The Kier molecular flexibility index (Phi) is 8.48. The lowest BCUT2D eigenvalue weighted by atomic mass is 9.77. The van der Waals surface area contributed by atoms with Crippen molar-refractivity contribution in [2.24, 2.45) is 17.8 Å². The van der Waals surface area contributed by atoms with E-state index in [1.807, 2.05) is 0 Å². The standard InChI is InChI=1S/C23H40/c1-4-6-20-9-11-22(12-10-20)17-18-23-15-13-21(14-16-23)8-7-19(3)5-2/h15,20-22H,3-14,16-18H2,1-2H3. The van der Waals surface area contributed by atoms with Gasteiger partial charge >= 0.3 is 0 Å². The molecule has 0 saturated heterocycles. The average molecular weight is 317 g/mol. The van der Waals surface area contributed by atoms with Crippen molar-refractivity contribution in [3.8, 4) is 0 Å². The summed E-state index contributed by atoms with van der Waals surface area (Å²) in [6.45, 7) is 8.73. The van der Waals surface area contributed by atoms with Crippen LogP contribution >= 0.6 is 0 Å². The SMILES string of the molecule is C=C(CC)CCC1CC=C(CCC2CCC(CCC)CC2)CC1. The van der Waals surface area contributed by atoms with Crippen molar-refractivity contribution in [2.45, 2.75) is 104 Å². The highest BCUT2D eigenvalue weighted by Crippen LogP contribution is 2.36. The van der Waals surface area contributed by atoms with Gasteiger partial charge in [0.1, 0.15) is 0 Å². The third-order valence-electron chi connectivity index (χ3n) is 6.56. The molecule has 23 heavy (non-hydrogen) atoms. The smallest absolute Gasteiger partial charge is 0.0318 e. The molecule has 0 radical (unpaired) electrons. The maximum absolute atomic E-state index is 4.16. The van der Waals surface area contributed by atoms with E-state index in [4.69, 9.17) is 0 Å². The van der Waals surface area contributed by atoms with E-state index in [1.165, 1.54) is 89.0 Å². The van der Waals surface area contributed by atoms with Crippen LogP contribution in [-0.2, 0) is 0 Å². The molecule has 2 aliphatic rings. The molecule has 2 rings (SSSR count).